The zero-order chi connectivity index (χ0) is 18.1. The second kappa shape index (κ2) is 6.63. The van der Waals surface area contributed by atoms with E-state index >= 15 is 0 Å². The summed E-state index contributed by atoms with van der Waals surface area (Å²) in [5.41, 5.74) is 3.26. The fourth-order valence-corrected chi connectivity index (χ4v) is 3.56. The number of nitrogens with one attached hydrogen (secondary N) is 1. The molecule has 0 radical (unpaired) electrons. The Morgan fingerprint density at radius 2 is 2.12 bits per heavy atom. The van der Waals surface area contributed by atoms with E-state index in [1.165, 1.54) is 11.8 Å². The third-order valence-corrected chi connectivity index (χ3v) is 4.73. The summed E-state index contributed by atoms with van der Waals surface area (Å²) < 4.78 is 7.03. The van der Waals surface area contributed by atoms with Crippen LogP contribution in [0, 0.1) is 13.8 Å². The number of hydrogen-bond donors (Lipinski definition) is 1. The molecular weight excluding hydrogens is 328 g/mol. The number of furan rings is 1. The summed E-state index contributed by atoms with van der Waals surface area (Å²) in [5, 5.41) is 7.67. The molecule has 0 unspecified atom stereocenters. The smallest absolute Gasteiger partial charge is 0.287 e. The van der Waals surface area contributed by atoms with Gasteiger partial charge in [-0.1, -0.05) is 18.2 Å². The van der Waals surface area contributed by atoms with Crippen molar-refractivity contribution in [3.63, 3.8) is 0 Å². The number of hydrogen-bond acceptors (Lipinski definition) is 4. The van der Waals surface area contributed by atoms with Crippen LogP contribution in [0.2, 0.25) is 0 Å². The van der Waals surface area contributed by atoms with E-state index in [4.69, 9.17) is 4.42 Å². The fraction of sp³-hybridized carbons (Fsp3) is 0.250. The first kappa shape index (κ1) is 16.3. The maximum absolute atomic E-state index is 12.2. The van der Waals surface area contributed by atoms with Crippen molar-refractivity contribution in [2.24, 2.45) is 0 Å². The van der Waals surface area contributed by atoms with Crippen molar-refractivity contribution < 1.29 is 9.21 Å². The van der Waals surface area contributed by atoms with Crippen LogP contribution in [0.5, 0.6) is 0 Å². The maximum Gasteiger partial charge on any atom is 0.287 e. The van der Waals surface area contributed by atoms with Crippen molar-refractivity contribution in [3.05, 3.63) is 77.7 Å². The minimum absolute atomic E-state index is 0.0189. The van der Waals surface area contributed by atoms with Crippen molar-refractivity contribution in [3.8, 4) is 5.82 Å². The molecule has 26 heavy (non-hydrogen) atoms. The summed E-state index contributed by atoms with van der Waals surface area (Å²) in [6, 6.07) is 9.14. The van der Waals surface area contributed by atoms with Gasteiger partial charge in [0.25, 0.3) is 5.91 Å². The summed E-state index contributed by atoms with van der Waals surface area (Å²) in [6.45, 7) is 4.08. The minimum atomic E-state index is -0.192. The third kappa shape index (κ3) is 2.94. The van der Waals surface area contributed by atoms with Gasteiger partial charge >= 0.3 is 0 Å². The Hall–Kier alpha value is -3.15. The molecule has 0 aromatic carbocycles. The molecule has 0 bridgehead atoms. The van der Waals surface area contributed by atoms with Crippen molar-refractivity contribution in [1.82, 2.24) is 20.1 Å². The van der Waals surface area contributed by atoms with Gasteiger partial charge in [-0.3, -0.25) is 4.79 Å². The summed E-state index contributed by atoms with van der Waals surface area (Å²) in [6.07, 6.45) is 8.26. The van der Waals surface area contributed by atoms with Gasteiger partial charge in [0.2, 0.25) is 0 Å². The molecule has 1 N–H and O–H groups in total. The van der Waals surface area contributed by atoms with Crippen molar-refractivity contribution in [2.75, 3.05) is 0 Å². The number of nitrogens with zero attached hydrogens (tertiary/aromatic N) is 3. The van der Waals surface area contributed by atoms with E-state index in [0.717, 1.165) is 23.6 Å². The number of carbonyl (C=O) groups is 1. The van der Waals surface area contributed by atoms with Crippen molar-refractivity contribution in [1.29, 1.82) is 0 Å². The Morgan fingerprint density at radius 1 is 1.23 bits per heavy atom. The Morgan fingerprint density at radius 3 is 2.85 bits per heavy atom. The van der Waals surface area contributed by atoms with E-state index in [1.54, 1.807) is 18.3 Å². The predicted molar refractivity (Wildman–Crippen MR) is 97.3 cm³/mol. The largest absolute Gasteiger partial charge is 0.459 e. The highest BCUT2D eigenvalue weighted by atomic mass is 16.3. The lowest BCUT2D eigenvalue weighted by atomic mass is 9.96. The molecular formula is C20H20N4O2. The van der Waals surface area contributed by atoms with Crippen LogP contribution in [0.3, 0.4) is 0 Å². The Bertz CT molecular complexity index is 942. The predicted octanol–water partition coefficient (Wildman–Crippen LogP) is 3.32. The first-order chi connectivity index (χ1) is 12.6. The van der Waals surface area contributed by atoms with E-state index in [2.05, 4.69) is 28.4 Å². The van der Waals surface area contributed by atoms with Crippen molar-refractivity contribution in [2.45, 2.75) is 32.2 Å². The van der Waals surface area contributed by atoms with Gasteiger partial charge in [0.15, 0.2) is 11.6 Å². The van der Waals surface area contributed by atoms with Crippen LogP contribution < -0.4 is 5.32 Å². The van der Waals surface area contributed by atoms with E-state index in [-0.39, 0.29) is 17.9 Å². The molecule has 1 aliphatic rings. The SMILES string of the molecule is Cc1nn(-c2ccccn2)c(C)c1[C@H]1C=C[C@@H](NC(=O)c2ccco2)C1. The highest BCUT2D eigenvalue weighted by Crippen LogP contribution is 2.33. The number of allylic oxidation sites excluding steroid dienone is 1. The van der Waals surface area contributed by atoms with Crippen molar-refractivity contribution >= 4 is 5.91 Å². The summed E-state index contributed by atoms with van der Waals surface area (Å²) in [7, 11) is 0. The van der Waals surface area contributed by atoms with Crippen LogP contribution in [0.25, 0.3) is 5.82 Å². The normalized spacial score (nSPS) is 19.0. The van der Waals surface area contributed by atoms with E-state index in [9.17, 15) is 4.79 Å². The molecule has 0 saturated carbocycles. The van der Waals surface area contributed by atoms with Gasteiger partial charge in [0, 0.05) is 29.4 Å². The van der Waals surface area contributed by atoms with Crippen LogP contribution in [0.4, 0.5) is 0 Å². The van der Waals surface area contributed by atoms with Crippen LogP contribution in [-0.2, 0) is 0 Å². The highest BCUT2D eigenvalue weighted by Gasteiger charge is 2.27. The quantitative estimate of drug-likeness (QED) is 0.734. The van der Waals surface area contributed by atoms with E-state index in [0.29, 0.717) is 5.76 Å². The second-order valence-corrected chi connectivity index (χ2v) is 6.47. The van der Waals surface area contributed by atoms with E-state index < -0.39 is 0 Å². The number of carbonyl (C=O) groups excluding carboxylic acids is 1. The van der Waals surface area contributed by atoms with Crippen LogP contribution in [-0.4, -0.2) is 26.7 Å². The number of aromatic nitrogens is 3. The first-order valence-corrected chi connectivity index (χ1v) is 8.63. The molecule has 0 spiro atoms. The van der Waals surface area contributed by atoms with Gasteiger partial charge in [-0.25, -0.2) is 9.67 Å². The minimum Gasteiger partial charge on any atom is -0.459 e. The van der Waals surface area contributed by atoms with Gasteiger partial charge in [-0.2, -0.15) is 5.10 Å². The van der Waals surface area contributed by atoms with Crippen LogP contribution >= 0.6 is 0 Å². The molecule has 3 heterocycles. The fourth-order valence-electron chi connectivity index (χ4n) is 3.56. The number of pyridine rings is 1. The summed E-state index contributed by atoms with van der Waals surface area (Å²) in [5.74, 6) is 1.17. The zero-order valence-electron chi connectivity index (χ0n) is 14.7. The Labute approximate surface area is 151 Å². The topological polar surface area (TPSA) is 73.0 Å². The van der Waals surface area contributed by atoms with Crippen LogP contribution in [0.1, 0.15) is 39.8 Å². The average Bonchev–Trinajstić information content (AvgIpc) is 3.37. The summed E-state index contributed by atoms with van der Waals surface area (Å²) in [4.78, 5) is 16.6. The lowest BCUT2D eigenvalue weighted by molar-refractivity contribution is 0.0916. The van der Waals surface area contributed by atoms with Gasteiger partial charge in [0.05, 0.1) is 12.0 Å². The lowest BCUT2D eigenvalue weighted by Crippen LogP contribution is -2.32. The molecule has 1 aliphatic carbocycles. The molecule has 132 valence electrons. The summed E-state index contributed by atoms with van der Waals surface area (Å²) >= 11 is 0. The van der Waals surface area contributed by atoms with Gasteiger partial charge in [0.1, 0.15) is 0 Å². The standard InChI is InChI=1S/C20H20N4O2/c1-13-19(14(2)24(23-13)18-7-3-4-10-21-18)15-8-9-16(12-15)22-20(25)17-6-5-11-26-17/h3-11,15-16H,12H2,1-2H3,(H,22,25)/t15-,16+/m0/s1. The van der Waals surface area contributed by atoms with E-state index in [1.807, 2.05) is 35.9 Å². The Balaban J connectivity index is 1.52. The van der Waals surface area contributed by atoms with Gasteiger partial charge in [-0.15, -0.1) is 0 Å². The monoisotopic (exact) mass is 348 g/mol. The maximum atomic E-state index is 12.2. The zero-order valence-corrected chi connectivity index (χ0v) is 14.7. The van der Waals surface area contributed by atoms with Crippen LogP contribution in [0.15, 0.2) is 59.4 Å². The van der Waals surface area contributed by atoms with Gasteiger partial charge < -0.3 is 9.73 Å². The molecule has 0 fully saturated rings. The molecule has 0 aliphatic heterocycles. The first-order valence-electron chi connectivity index (χ1n) is 8.63. The third-order valence-electron chi connectivity index (χ3n) is 4.73. The number of amides is 1. The molecule has 2 atom stereocenters. The molecule has 3 aromatic heterocycles. The molecule has 6 nitrogen and oxygen atoms in total. The molecule has 1 amide bonds. The lowest BCUT2D eigenvalue weighted by Gasteiger charge is -2.14. The number of aryl methyl sites for hydroxylation is 1. The second-order valence-electron chi connectivity index (χ2n) is 6.47. The molecule has 3 aromatic rings. The van der Waals surface area contributed by atoms with Gasteiger partial charge in [-0.05, 0) is 44.5 Å². The highest BCUT2D eigenvalue weighted by molar-refractivity contribution is 5.91. The number of rotatable bonds is 4. The average molecular weight is 348 g/mol. The Kier molecular flexibility index (Phi) is 4.16. The molecule has 4 rings (SSSR count). The molecule has 0 saturated heterocycles. The molecule has 6 heteroatoms.